The van der Waals surface area contributed by atoms with E-state index in [2.05, 4.69) is 25.3 Å². The normalized spacial score (nSPS) is 10.5. The molecule has 0 atom stereocenters. The van der Waals surface area contributed by atoms with Crippen LogP contribution in [0.15, 0.2) is 4.79 Å². The zero-order chi connectivity index (χ0) is 9.42. The van der Waals surface area contributed by atoms with Crippen LogP contribution in [0.25, 0.3) is 11.2 Å². The Balaban J connectivity index is 2.83. The van der Waals surface area contributed by atoms with Crippen LogP contribution in [-0.2, 0) is 0 Å². The van der Waals surface area contributed by atoms with Crippen LogP contribution in [-0.4, -0.2) is 27.0 Å². The molecular formula is C6H8N6O. The molecule has 0 amide bonds. The second-order valence-electron chi connectivity index (χ2n) is 2.49. The van der Waals surface area contributed by atoms with E-state index in [1.807, 2.05) is 0 Å². The highest BCUT2D eigenvalue weighted by Gasteiger charge is 2.06. The van der Waals surface area contributed by atoms with E-state index in [0.717, 1.165) is 0 Å². The van der Waals surface area contributed by atoms with Gasteiger partial charge in [0.15, 0.2) is 17.1 Å². The summed E-state index contributed by atoms with van der Waals surface area (Å²) in [5.41, 5.74) is 5.68. The van der Waals surface area contributed by atoms with E-state index in [4.69, 9.17) is 5.73 Å². The minimum atomic E-state index is -0.293. The van der Waals surface area contributed by atoms with Gasteiger partial charge in [0.25, 0.3) is 5.56 Å². The van der Waals surface area contributed by atoms with Crippen molar-refractivity contribution in [3.63, 3.8) is 0 Å². The summed E-state index contributed by atoms with van der Waals surface area (Å²) in [5, 5.41) is 2.71. The topological polar surface area (TPSA) is 112 Å². The molecule has 2 rings (SSSR count). The number of anilines is 2. The first-order valence-electron chi connectivity index (χ1n) is 3.64. The molecular weight excluding hydrogens is 172 g/mol. The van der Waals surface area contributed by atoms with Crippen LogP contribution < -0.4 is 16.6 Å². The molecule has 0 radical (unpaired) electrons. The van der Waals surface area contributed by atoms with Crippen LogP contribution in [0.3, 0.4) is 0 Å². The van der Waals surface area contributed by atoms with Gasteiger partial charge >= 0.3 is 0 Å². The third-order valence-corrected chi connectivity index (χ3v) is 1.62. The van der Waals surface area contributed by atoms with E-state index < -0.39 is 0 Å². The third kappa shape index (κ3) is 1.10. The fourth-order valence-electron chi connectivity index (χ4n) is 1.04. The van der Waals surface area contributed by atoms with Crippen molar-refractivity contribution in [3.8, 4) is 0 Å². The largest absolute Gasteiger partial charge is 0.369 e. The summed E-state index contributed by atoms with van der Waals surface area (Å²) >= 11 is 0. The summed E-state index contributed by atoms with van der Waals surface area (Å²) in [6.07, 6.45) is 0. The van der Waals surface area contributed by atoms with Gasteiger partial charge in [-0.1, -0.05) is 0 Å². The molecule has 0 saturated heterocycles. The van der Waals surface area contributed by atoms with E-state index in [1.54, 1.807) is 7.05 Å². The first-order chi connectivity index (χ1) is 6.20. The number of H-pyrrole nitrogens is 2. The van der Waals surface area contributed by atoms with Crippen LogP contribution in [0, 0.1) is 0 Å². The fraction of sp³-hybridized carbons (Fsp3) is 0.167. The van der Waals surface area contributed by atoms with E-state index in [9.17, 15) is 4.79 Å². The molecule has 0 unspecified atom stereocenters. The molecule has 2 aromatic rings. The molecule has 0 spiro atoms. The molecule has 0 saturated carbocycles. The zero-order valence-electron chi connectivity index (χ0n) is 6.88. The number of hydrogen-bond acceptors (Lipinski definition) is 5. The standard InChI is InChI=1S/C6H8N6O/c1-8-6-11-3-2(4(13)12-6)9-5(7)10-3/h1H3,(H5,7,8,9,10,11,12,13). The maximum absolute atomic E-state index is 11.3. The van der Waals surface area contributed by atoms with Crippen molar-refractivity contribution in [1.29, 1.82) is 0 Å². The monoisotopic (exact) mass is 180 g/mol. The van der Waals surface area contributed by atoms with Crippen molar-refractivity contribution in [3.05, 3.63) is 10.4 Å². The lowest BCUT2D eigenvalue weighted by Crippen LogP contribution is -2.11. The lowest BCUT2D eigenvalue weighted by atomic mass is 10.5. The van der Waals surface area contributed by atoms with E-state index in [-0.39, 0.29) is 17.0 Å². The molecule has 5 N–H and O–H groups in total. The molecule has 13 heavy (non-hydrogen) atoms. The number of imidazole rings is 1. The second-order valence-corrected chi connectivity index (χ2v) is 2.49. The third-order valence-electron chi connectivity index (χ3n) is 1.62. The van der Waals surface area contributed by atoms with E-state index in [1.165, 1.54) is 0 Å². The van der Waals surface area contributed by atoms with Crippen molar-refractivity contribution >= 4 is 23.1 Å². The van der Waals surface area contributed by atoms with Crippen molar-refractivity contribution < 1.29 is 0 Å². The molecule has 7 heteroatoms. The lowest BCUT2D eigenvalue weighted by molar-refractivity contribution is 1.14. The van der Waals surface area contributed by atoms with Crippen LogP contribution in [0.5, 0.6) is 0 Å². The Labute approximate surface area is 72.4 Å². The Morgan fingerprint density at radius 3 is 2.85 bits per heavy atom. The summed E-state index contributed by atoms with van der Waals surface area (Å²) in [4.78, 5) is 24.2. The zero-order valence-corrected chi connectivity index (χ0v) is 6.88. The van der Waals surface area contributed by atoms with Crippen molar-refractivity contribution in [2.45, 2.75) is 0 Å². The van der Waals surface area contributed by atoms with E-state index in [0.29, 0.717) is 11.6 Å². The molecule has 0 bridgehead atoms. The average molecular weight is 180 g/mol. The number of nitrogens with zero attached hydrogens (tertiary/aromatic N) is 2. The van der Waals surface area contributed by atoms with Gasteiger partial charge in [0, 0.05) is 7.05 Å². The van der Waals surface area contributed by atoms with Crippen LogP contribution in [0.4, 0.5) is 11.9 Å². The number of fused-ring (bicyclic) bond motifs is 1. The van der Waals surface area contributed by atoms with Gasteiger partial charge in [-0.3, -0.25) is 9.78 Å². The summed E-state index contributed by atoms with van der Waals surface area (Å²) in [6, 6.07) is 0. The van der Waals surface area contributed by atoms with E-state index >= 15 is 0 Å². The van der Waals surface area contributed by atoms with Crippen molar-refractivity contribution in [2.75, 3.05) is 18.1 Å². The molecule has 7 nitrogen and oxygen atoms in total. The summed E-state index contributed by atoms with van der Waals surface area (Å²) in [5.74, 6) is 0.547. The van der Waals surface area contributed by atoms with Gasteiger partial charge in [-0.2, -0.15) is 9.97 Å². The number of hydrogen-bond donors (Lipinski definition) is 4. The molecule has 2 heterocycles. The molecule has 0 aliphatic carbocycles. The summed E-state index contributed by atoms with van der Waals surface area (Å²) < 4.78 is 0. The van der Waals surface area contributed by atoms with Gasteiger partial charge < -0.3 is 16.0 Å². The van der Waals surface area contributed by atoms with Gasteiger partial charge in [0.1, 0.15) is 0 Å². The molecule has 0 fully saturated rings. The molecule has 68 valence electrons. The van der Waals surface area contributed by atoms with Gasteiger partial charge in [-0.25, -0.2) is 0 Å². The summed E-state index contributed by atoms with van der Waals surface area (Å²) in [6.45, 7) is 0. The number of nitrogen functional groups attached to an aromatic ring is 1. The quantitative estimate of drug-likeness (QED) is 0.462. The predicted octanol–water partition coefficient (Wildman–Crippen LogP) is -0.730. The Morgan fingerprint density at radius 1 is 1.38 bits per heavy atom. The SMILES string of the molecule is CNc1nc2nc(N)[nH]c2c(=O)[nH]1. The smallest absolute Gasteiger partial charge is 0.278 e. The van der Waals surface area contributed by atoms with Gasteiger partial charge in [0.05, 0.1) is 0 Å². The van der Waals surface area contributed by atoms with Crippen LogP contribution >= 0.6 is 0 Å². The van der Waals surface area contributed by atoms with Crippen molar-refractivity contribution in [1.82, 2.24) is 19.9 Å². The minimum Gasteiger partial charge on any atom is -0.369 e. The van der Waals surface area contributed by atoms with Gasteiger partial charge in [-0.15, -0.1) is 0 Å². The molecule has 0 aliphatic heterocycles. The lowest BCUT2D eigenvalue weighted by Gasteiger charge is -1.95. The Bertz CT molecular complexity index is 497. The van der Waals surface area contributed by atoms with Gasteiger partial charge in [-0.05, 0) is 0 Å². The second kappa shape index (κ2) is 2.47. The molecule has 0 aliphatic rings. The Morgan fingerprint density at radius 2 is 2.15 bits per heavy atom. The maximum Gasteiger partial charge on any atom is 0.278 e. The fourth-order valence-corrected chi connectivity index (χ4v) is 1.04. The first kappa shape index (κ1) is 7.59. The molecule has 2 aromatic heterocycles. The van der Waals surface area contributed by atoms with Crippen molar-refractivity contribution in [2.24, 2.45) is 0 Å². The highest BCUT2D eigenvalue weighted by atomic mass is 16.1. The number of aromatic nitrogens is 4. The number of rotatable bonds is 1. The van der Waals surface area contributed by atoms with Crippen LogP contribution in [0.1, 0.15) is 0 Å². The average Bonchev–Trinajstić information content (AvgIpc) is 2.46. The Kier molecular flexibility index (Phi) is 1.44. The summed E-state index contributed by atoms with van der Waals surface area (Å²) in [7, 11) is 1.65. The maximum atomic E-state index is 11.3. The molecule has 0 aromatic carbocycles. The number of nitrogens with one attached hydrogen (secondary N) is 3. The predicted molar refractivity (Wildman–Crippen MR) is 48.5 cm³/mol. The highest BCUT2D eigenvalue weighted by Crippen LogP contribution is 2.05. The Hall–Kier alpha value is -2.05. The highest BCUT2D eigenvalue weighted by molar-refractivity contribution is 5.72. The number of nitrogens with two attached hydrogens (primary N) is 1. The minimum absolute atomic E-state index is 0.182. The van der Waals surface area contributed by atoms with Crippen LogP contribution in [0.2, 0.25) is 0 Å². The number of aromatic amines is 2. The first-order valence-corrected chi connectivity index (χ1v) is 3.64. The van der Waals surface area contributed by atoms with Gasteiger partial charge in [0.2, 0.25) is 5.95 Å².